The van der Waals surface area contributed by atoms with Crippen molar-refractivity contribution in [2.45, 2.75) is 26.8 Å². The van der Waals surface area contributed by atoms with E-state index >= 15 is 0 Å². The van der Waals surface area contributed by atoms with E-state index in [-0.39, 0.29) is 6.04 Å². The predicted octanol–water partition coefficient (Wildman–Crippen LogP) is 2.76. The first-order chi connectivity index (χ1) is 9.63. The molecule has 1 aromatic carbocycles. The lowest BCUT2D eigenvalue weighted by Gasteiger charge is -2.19. The molecule has 0 amide bonds. The van der Waals surface area contributed by atoms with Gasteiger partial charge < -0.3 is 15.5 Å². The van der Waals surface area contributed by atoms with Gasteiger partial charge in [-0.2, -0.15) is 0 Å². The Kier molecular flexibility index (Phi) is 4.69. The lowest BCUT2D eigenvalue weighted by molar-refractivity contribution is 0.181. The van der Waals surface area contributed by atoms with Crippen LogP contribution in [0.5, 0.6) is 0 Å². The fraction of sp³-hybridized carbons (Fsp3) is 0.375. The van der Waals surface area contributed by atoms with Gasteiger partial charge in [-0.25, -0.2) is 5.43 Å². The molecule has 1 aliphatic rings. The molecule has 1 heterocycles. The predicted molar refractivity (Wildman–Crippen MR) is 83.5 cm³/mol. The maximum atomic E-state index is 5.74. The van der Waals surface area contributed by atoms with Crippen LogP contribution < -0.4 is 11.2 Å². The van der Waals surface area contributed by atoms with E-state index in [4.69, 9.17) is 10.5 Å². The Morgan fingerprint density at radius 1 is 1.40 bits per heavy atom. The summed E-state index contributed by atoms with van der Waals surface area (Å²) in [5.41, 5.74) is 12.4. The molecule has 1 aliphatic heterocycles. The number of rotatable bonds is 5. The summed E-state index contributed by atoms with van der Waals surface area (Å²) in [6.45, 7) is 7.57. The van der Waals surface area contributed by atoms with Gasteiger partial charge in [0.15, 0.2) is 0 Å². The third-order valence-electron chi connectivity index (χ3n) is 3.34. The monoisotopic (exact) mass is 273 g/mol. The average molecular weight is 273 g/mol. The second kappa shape index (κ2) is 6.48. The number of nitrogens with two attached hydrogens (primary N) is 1. The number of benzene rings is 1. The second-order valence-corrected chi connectivity index (χ2v) is 4.87. The van der Waals surface area contributed by atoms with E-state index in [9.17, 15) is 0 Å². The molecule has 1 aromatic rings. The Balaban J connectivity index is 2.11. The molecule has 4 nitrogen and oxygen atoms in total. The number of hydrogen-bond donors (Lipinski definition) is 2. The van der Waals surface area contributed by atoms with E-state index in [1.54, 1.807) is 0 Å². The van der Waals surface area contributed by atoms with Gasteiger partial charge in [0.2, 0.25) is 0 Å². The van der Waals surface area contributed by atoms with Crippen LogP contribution in [0.2, 0.25) is 0 Å². The number of allylic oxidation sites excluding steroid dienone is 1. The van der Waals surface area contributed by atoms with Gasteiger partial charge in [0, 0.05) is 11.9 Å². The molecule has 0 fully saturated rings. The molecular formula is C16H23N3O. The number of hydrazine groups is 1. The van der Waals surface area contributed by atoms with Crippen LogP contribution in [0.3, 0.4) is 0 Å². The van der Waals surface area contributed by atoms with Crippen LogP contribution in [-0.2, 0) is 4.74 Å². The number of hydrogen-bond acceptors (Lipinski definition) is 4. The van der Waals surface area contributed by atoms with Crippen molar-refractivity contribution >= 4 is 11.3 Å². The molecule has 0 bridgehead atoms. The molecule has 0 aromatic heterocycles. The molecular weight excluding hydrogens is 250 g/mol. The summed E-state index contributed by atoms with van der Waals surface area (Å²) in [6.07, 6.45) is 4.14. The summed E-state index contributed by atoms with van der Waals surface area (Å²) in [4.78, 5) is 0. The highest BCUT2D eigenvalue weighted by atomic mass is 16.5. The van der Waals surface area contributed by atoms with Gasteiger partial charge in [-0.3, -0.25) is 0 Å². The Bertz CT molecular complexity index is 505. The zero-order chi connectivity index (χ0) is 14.5. The zero-order valence-electron chi connectivity index (χ0n) is 12.4. The normalized spacial score (nSPS) is 19.1. The van der Waals surface area contributed by atoms with Gasteiger partial charge in [0.05, 0.1) is 19.2 Å². The highest BCUT2D eigenvalue weighted by Crippen LogP contribution is 2.25. The molecule has 3 N–H and O–H groups in total. The van der Waals surface area contributed by atoms with E-state index in [1.807, 2.05) is 32.1 Å². The molecule has 1 atom stereocenters. The van der Waals surface area contributed by atoms with Crippen LogP contribution in [0.4, 0.5) is 5.69 Å². The van der Waals surface area contributed by atoms with Crippen molar-refractivity contribution in [1.82, 2.24) is 10.4 Å². The van der Waals surface area contributed by atoms with Gasteiger partial charge in [-0.15, -0.1) is 0 Å². The molecule has 108 valence electrons. The van der Waals surface area contributed by atoms with Crippen LogP contribution in [0.15, 0.2) is 42.3 Å². The SMILES string of the molecule is C/C=C(\CN1C=C(c2ccc(N)cc2)C(C)N1)OCC. The van der Waals surface area contributed by atoms with Gasteiger partial charge in [-0.05, 0) is 50.1 Å². The quantitative estimate of drug-likeness (QED) is 0.640. The van der Waals surface area contributed by atoms with E-state index in [0.717, 1.165) is 18.0 Å². The van der Waals surface area contributed by atoms with Gasteiger partial charge in [0.1, 0.15) is 5.76 Å². The topological polar surface area (TPSA) is 50.5 Å². The third kappa shape index (κ3) is 3.33. The number of nitrogen functional groups attached to an aromatic ring is 1. The summed E-state index contributed by atoms with van der Waals surface area (Å²) in [6, 6.07) is 8.26. The minimum Gasteiger partial charge on any atom is -0.497 e. The lowest BCUT2D eigenvalue weighted by Crippen LogP contribution is -2.35. The number of nitrogens with zero attached hydrogens (tertiary/aromatic N) is 1. The lowest BCUT2D eigenvalue weighted by atomic mass is 10.0. The van der Waals surface area contributed by atoms with Gasteiger partial charge in [-0.1, -0.05) is 12.1 Å². The van der Waals surface area contributed by atoms with Gasteiger partial charge >= 0.3 is 0 Å². The van der Waals surface area contributed by atoms with Crippen molar-refractivity contribution < 1.29 is 4.74 Å². The van der Waals surface area contributed by atoms with Crippen molar-refractivity contribution in [3.05, 3.63) is 47.9 Å². The van der Waals surface area contributed by atoms with E-state index in [1.165, 1.54) is 11.1 Å². The molecule has 0 spiro atoms. The highest BCUT2D eigenvalue weighted by Gasteiger charge is 2.21. The number of anilines is 1. The van der Waals surface area contributed by atoms with Crippen LogP contribution in [-0.4, -0.2) is 24.2 Å². The van der Waals surface area contributed by atoms with E-state index in [2.05, 4.69) is 35.7 Å². The Morgan fingerprint density at radius 2 is 2.10 bits per heavy atom. The minimum absolute atomic E-state index is 0.276. The van der Waals surface area contributed by atoms with Crippen LogP contribution in [0.25, 0.3) is 5.57 Å². The molecule has 2 rings (SSSR count). The van der Waals surface area contributed by atoms with E-state index in [0.29, 0.717) is 6.61 Å². The van der Waals surface area contributed by atoms with Crippen molar-refractivity contribution in [3.63, 3.8) is 0 Å². The number of nitrogens with one attached hydrogen (secondary N) is 1. The molecule has 4 heteroatoms. The first-order valence-corrected chi connectivity index (χ1v) is 7.02. The summed E-state index contributed by atoms with van der Waals surface area (Å²) in [7, 11) is 0. The summed E-state index contributed by atoms with van der Waals surface area (Å²) < 4.78 is 5.58. The zero-order valence-corrected chi connectivity index (χ0v) is 12.4. The largest absolute Gasteiger partial charge is 0.497 e. The second-order valence-electron chi connectivity index (χ2n) is 4.87. The minimum atomic E-state index is 0.276. The molecule has 0 saturated carbocycles. The van der Waals surface area contributed by atoms with Crippen LogP contribution in [0, 0.1) is 0 Å². The summed E-state index contributed by atoms with van der Waals surface area (Å²) in [5, 5.41) is 2.07. The van der Waals surface area contributed by atoms with Crippen molar-refractivity contribution in [1.29, 1.82) is 0 Å². The van der Waals surface area contributed by atoms with Crippen molar-refractivity contribution in [2.24, 2.45) is 0 Å². The van der Waals surface area contributed by atoms with Crippen molar-refractivity contribution in [3.8, 4) is 0 Å². The Labute approximate surface area is 120 Å². The summed E-state index contributed by atoms with van der Waals surface area (Å²) in [5.74, 6) is 0.974. The Morgan fingerprint density at radius 3 is 2.70 bits per heavy atom. The van der Waals surface area contributed by atoms with E-state index < -0.39 is 0 Å². The molecule has 20 heavy (non-hydrogen) atoms. The maximum Gasteiger partial charge on any atom is 0.113 e. The standard InChI is InChI=1S/C16H23N3O/c1-4-15(20-5-2)10-19-11-16(12(3)18-19)13-6-8-14(17)9-7-13/h4,6-9,11-12,18H,5,10,17H2,1-3H3/b15-4+. The molecule has 0 aliphatic carbocycles. The maximum absolute atomic E-state index is 5.74. The smallest absolute Gasteiger partial charge is 0.113 e. The number of ether oxygens (including phenoxy) is 1. The van der Waals surface area contributed by atoms with Crippen molar-refractivity contribution in [2.75, 3.05) is 18.9 Å². The average Bonchev–Trinajstić information content (AvgIpc) is 2.80. The summed E-state index contributed by atoms with van der Waals surface area (Å²) >= 11 is 0. The fourth-order valence-corrected chi connectivity index (χ4v) is 2.30. The Hall–Kier alpha value is -1.94. The highest BCUT2D eigenvalue weighted by molar-refractivity contribution is 5.71. The van der Waals surface area contributed by atoms with Crippen LogP contribution in [0.1, 0.15) is 26.3 Å². The van der Waals surface area contributed by atoms with Crippen LogP contribution >= 0.6 is 0 Å². The first kappa shape index (κ1) is 14.5. The third-order valence-corrected chi connectivity index (χ3v) is 3.34. The molecule has 1 unspecified atom stereocenters. The molecule has 0 radical (unpaired) electrons. The van der Waals surface area contributed by atoms with Gasteiger partial charge in [0.25, 0.3) is 0 Å². The first-order valence-electron chi connectivity index (χ1n) is 7.02. The fourth-order valence-electron chi connectivity index (χ4n) is 2.30. The molecule has 0 saturated heterocycles.